The van der Waals surface area contributed by atoms with Crippen LogP contribution in [0.15, 0.2) is 182 Å². The van der Waals surface area contributed by atoms with Gasteiger partial charge in [-0.1, -0.05) is 163 Å². The highest BCUT2D eigenvalue weighted by Gasteiger charge is 2.44. The minimum Gasteiger partial charge on any atom is -0.292 e. The molecular weight excluding hydrogens is 773 g/mol. The standard InChI is InChI=1S/C62H48N2/c1-60(2)51-31-40(37-23-25-39(26-24-37)59-63-57-21-12-13-22-58(57)64(59)42-17-8-7-9-18-42)27-29-45(51)47-33-55-49(35-53(47)60)50-36-54-48(34-56(50)62(55,5)6)46-30-28-41(32-52(46)61(54,3)4)44-20-14-16-38-15-10-11-19-43(38)44/h7-36H,1-6H3. The molecule has 0 saturated carbocycles. The molecule has 0 N–H and O–H groups in total. The van der Waals surface area contributed by atoms with E-state index in [1.54, 1.807) is 0 Å². The molecule has 2 heteroatoms. The molecule has 1 aromatic heterocycles. The molecule has 9 aromatic carbocycles. The van der Waals surface area contributed by atoms with E-state index in [1.165, 1.54) is 99.8 Å². The number of rotatable bonds is 4. The summed E-state index contributed by atoms with van der Waals surface area (Å²) < 4.78 is 2.27. The summed E-state index contributed by atoms with van der Waals surface area (Å²) in [6, 6.07) is 67.9. The molecule has 0 saturated heterocycles. The monoisotopic (exact) mass is 820 g/mol. The van der Waals surface area contributed by atoms with Crippen molar-refractivity contribution in [3.05, 3.63) is 215 Å². The Balaban J connectivity index is 0.859. The van der Waals surface area contributed by atoms with E-state index in [1.807, 2.05) is 0 Å². The number of fused-ring (bicyclic) bond motifs is 11. The quantitative estimate of drug-likeness (QED) is 0.173. The summed E-state index contributed by atoms with van der Waals surface area (Å²) in [6.07, 6.45) is 0. The van der Waals surface area contributed by atoms with Crippen LogP contribution in [0, 0.1) is 0 Å². The first-order valence-corrected chi connectivity index (χ1v) is 22.8. The number of para-hydroxylation sites is 3. The second kappa shape index (κ2) is 12.9. The summed E-state index contributed by atoms with van der Waals surface area (Å²) in [5, 5.41) is 2.58. The van der Waals surface area contributed by atoms with E-state index in [4.69, 9.17) is 4.98 Å². The lowest BCUT2D eigenvalue weighted by molar-refractivity contribution is 0.649. The number of nitrogens with zero attached hydrogens (tertiary/aromatic N) is 2. The zero-order chi connectivity index (χ0) is 43.3. The maximum Gasteiger partial charge on any atom is 0.145 e. The summed E-state index contributed by atoms with van der Waals surface area (Å²) in [4.78, 5) is 5.12. The Morgan fingerprint density at radius 2 is 0.812 bits per heavy atom. The van der Waals surface area contributed by atoms with E-state index < -0.39 is 0 Å². The number of benzene rings is 9. The van der Waals surface area contributed by atoms with E-state index in [-0.39, 0.29) is 16.2 Å². The molecule has 0 radical (unpaired) electrons. The van der Waals surface area contributed by atoms with Crippen LogP contribution in [0.4, 0.5) is 0 Å². The minimum atomic E-state index is -0.159. The minimum absolute atomic E-state index is 0.134. The Morgan fingerprint density at radius 1 is 0.344 bits per heavy atom. The predicted octanol–water partition coefficient (Wildman–Crippen LogP) is 16.1. The lowest BCUT2D eigenvalue weighted by Crippen LogP contribution is -2.17. The molecule has 0 fully saturated rings. The average Bonchev–Trinajstić information content (AvgIpc) is 3.96. The second-order valence-corrected chi connectivity index (χ2v) is 20.0. The van der Waals surface area contributed by atoms with Gasteiger partial charge in [0.1, 0.15) is 5.82 Å². The smallest absolute Gasteiger partial charge is 0.145 e. The molecule has 0 bridgehead atoms. The van der Waals surface area contributed by atoms with Crippen LogP contribution in [-0.4, -0.2) is 9.55 Å². The van der Waals surface area contributed by atoms with Gasteiger partial charge in [-0.05, 0) is 160 Å². The van der Waals surface area contributed by atoms with Gasteiger partial charge in [-0.25, -0.2) is 4.98 Å². The molecule has 0 atom stereocenters. The maximum atomic E-state index is 5.12. The highest BCUT2D eigenvalue weighted by Crippen LogP contribution is 2.60. The molecule has 0 aliphatic heterocycles. The largest absolute Gasteiger partial charge is 0.292 e. The van der Waals surface area contributed by atoms with E-state index in [2.05, 4.69) is 228 Å². The van der Waals surface area contributed by atoms with Crippen molar-refractivity contribution in [3.63, 3.8) is 0 Å². The van der Waals surface area contributed by atoms with Crippen molar-refractivity contribution in [1.82, 2.24) is 9.55 Å². The third-order valence-corrected chi connectivity index (χ3v) is 15.4. The zero-order valence-corrected chi connectivity index (χ0v) is 37.2. The summed E-state index contributed by atoms with van der Waals surface area (Å²) in [7, 11) is 0. The molecule has 64 heavy (non-hydrogen) atoms. The summed E-state index contributed by atoms with van der Waals surface area (Å²) in [6.45, 7) is 14.6. The Bertz CT molecular complexity index is 3610. The second-order valence-electron chi connectivity index (χ2n) is 20.0. The van der Waals surface area contributed by atoms with Crippen molar-refractivity contribution >= 4 is 21.8 Å². The van der Waals surface area contributed by atoms with Crippen LogP contribution in [0.5, 0.6) is 0 Å². The number of hydrogen-bond acceptors (Lipinski definition) is 1. The van der Waals surface area contributed by atoms with Crippen LogP contribution in [-0.2, 0) is 16.2 Å². The number of imidazole rings is 1. The van der Waals surface area contributed by atoms with Crippen molar-refractivity contribution in [1.29, 1.82) is 0 Å². The predicted molar refractivity (Wildman–Crippen MR) is 268 cm³/mol. The number of hydrogen-bond donors (Lipinski definition) is 0. The van der Waals surface area contributed by atoms with E-state index >= 15 is 0 Å². The molecule has 3 aliphatic rings. The normalized spacial score (nSPS) is 15.4. The Hall–Kier alpha value is -7.29. The molecule has 13 rings (SSSR count). The summed E-state index contributed by atoms with van der Waals surface area (Å²) >= 11 is 0. The van der Waals surface area contributed by atoms with Crippen molar-refractivity contribution in [3.8, 4) is 72.7 Å². The van der Waals surface area contributed by atoms with Gasteiger partial charge in [-0.15, -0.1) is 0 Å². The molecule has 0 amide bonds. The summed E-state index contributed by atoms with van der Waals surface area (Å²) in [5.74, 6) is 0.950. The molecule has 306 valence electrons. The first kappa shape index (κ1) is 37.3. The van der Waals surface area contributed by atoms with Gasteiger partial charge in [-0.2, -0.15) is 0 Å². The molecular formula is C62H48N2. The molecule has 0 unspecified atom stereocenters. The Morgan fingerprint density at radius 3 is 1.45 bits per heavy atom. The zero-order valence-electron chi connectivity index (χ0n) is 37.2. The lowest BCUT2D eigenvalue weighted by atomic mass is 9.78. The number of aromatic nitrogens is 2. The molecule has 3 aliphatic carbocycles. The van der Waals surface area contributed by atoms with E-state index in [0.717, 1.165) is 28.1 Å². The van der Waals surface area contributed by atoms with Gasteiger partial charge in [-0.3, -0.25) is 4.57 Å². The van der Waals surface area contributed by atoms with Crippen molar-refractivity contribution in [2.24, 2.45) is 0 Å². The Labute approximate surface area is 375 Å². The molecule has 1 heterocycles. The highest BCUT2D eigenvalue weighted by molar-refractivity contribution is 5.99. The van der Waals surface area contributed by atoms with Gasteiger partial charge in [0.25, 0.3) is 0 Å². The molecule has 0 spiro atoms. The average molecular weight is 821 g/mol. The van der Waals surface area contributed by atoms with Crippen LogP contribution in [0.2, 0.25) is 0 Å². The summed E-state index contributed by atoms with van der Waals surface area (Å²) in [5.41, 5.74) is 25.7. The third-order valence-electron chi connectivity index (χ3n) is 15.4. The SMILES string of the molecule is CC1(C)c2cc(-c3ccc(-c4nc5ccccc5n4-c4ccccc4)cc3)ccc2-c2cc3c(cc21)-c1cc2c(cc1C3(C)C)-c1ccc(-c3cccc4ccccc34)cc1C2(C)C. The van der Waals surface area contributed by atoms with Crippen LogP contribution < -0.4 is 0 Å². The van der Waals surface area contributed by atoms with E-state index in [9.17, 15) is 0 Å². The van der Waals surface area contributed by atoms with Gasteiger partial charge in [0.05, 0.1) is 11.0 Å². The molecule has 10 aromatic rings. The van der Waals surface area contributed by atoms with Gasteiger partial charge >= 0.3 is 0 Å². The van der Waals surface area contributed by atoms with Gasteiger partial charge in [0.2, 0.25) is 0 Å². The third kappa shape index (κ3) is 5.05. The maximum absolute atomic E-state index is 5.12. The first-order valence-electron chi connectivity index (χ1n) is 22.8. The van der Waals surface area contributed by atoms with Crippen molar-refractivity contribution < 1.29 is 0 Å². The van der Waals surface area contributed by atoms with Gasteiger partial charge < -0.3 is 0 Å². The highest BCUT2D eigenvalue weighted by atomic mass is 15.1. The van der Waals surface area contributed by atoms with Gasteiger partial charge in [0.15, 0.2) is 0 Å². The fourth-order valence-corrected chi connectivity index (χ4v) is 11.9. The lowest BCUT2D eigenvalue weighted by Gasteiger charge is -2.25. The Kier molecular flexibility index (Phi) is 7.51. The van der Waals surface area contributed by atoms with Crippen molar-refractivity contribution in [2.45, 2.75) is 57.8 Å². The van der Waals surface area contributed by atoms with Crippen molar-refractivity contribution in [2.75, 3.05) is 0 Å². The van der Waals surface area contributed by atoms with Crippen LogP contribution in [0.1, 0.15) is 74.9 Å². The molecule has 2 nitrogen and oxygen atoms in total. The topological polar surface area (TPSA) is 17.8 Å². The van der Waals surface area contributed by atoms with Gasteiger partial charge in [0, 0.05) is 27.5 Å². The van der Waals surface area contributed by atoms with Crippen LogP contribution in [0.3, 0.4) is 0 Å². The van der Waals surface area contributed by atoms with Crippen LogP contribution in [0.25, 0.3) is 94.5 Å². The van der Waals surface area contributed by atoms with Crippen LogP contribution >= 0.6 is 0 Å². The first-order chi connectivity index (χ1) is 31.0. The fraction of sp³-hybridized carbons (Fsp3) is 0.145. The fourth-order valence-electron chi connectivity index (χ4n) is 11.9. The van der Waals surface area contributed by atoms with E-state index in [0.29, 0.717) is 0 Å².